The second kappa shape index (κ2) is 14.2. The van der Waals surface area contributed by atoms with Crippen LogP contribution in [0.3, 0.4) is 0 Å². The summed E-state index contributed by atoms with van der Waals surface area (Å²) in [6.07, 6.45) is -7.44. The molecule has 0 aromatic heterocycles. The highest BCUT2D eigenvalue weighted by atomic mass is 16.7. The summed E-state index contributed by atoms with van der Waals surface area (Å²) in [6, 6.07) is 11.4. The number of carbonyl (C=O) groups excluding carboxylic acids is 6. The lowest BCUT2D eigenvalue weighted by atomic mass is 9.94. The molecule has 4 rings (SSSR count). The Kier molecular flexibility index (Phi) is 10.4. The van der Waals surface area contributed by atoms with Crippen molar-refractivity contribution in [3.8, 4) is 11.5 Å². The first kappa shape index (κ1) is 32.9. The molecule has 2 aromatic carbocycles. The van der Waals surface area contributed by atoms with E-state index in [9.17, 15) is 28.8 Å². The van der Waals surface area contributed by atoms with Gasteiger partial charge < -0.3 is 37.9 Å². The first-order chi connectivity index (χ1) is 21.3. The van der Waals surface area contributed by atoms with Gasteiger partial charge in [-0.05, 0) is 29.3 Å². The Balaban J connectivity index is 1.66. The Labute approximate surface area is 257 Å². The molecule has 2 aliphatic heterocycles. The number of hydrogen-bond acceptors (Lipinski definition) is 14. The number of benzene rings is 2. The molecule has 45 heavy (non-hydrogen) atoms. The number of rotatable bonds is 9. The lowest BCUT2D eigenvalue weighted by Crippen LogP contribution is -2.63. The van der Waals surface area contributed by atoms with Crippen LogP contribution in [0.1, 0.15) is 62.2 Å². The topological polar surface area (TPSA) is 176 Å². The van der Waals surface area contributed by atoms with Crippen LogP contribution >= 0.6 is 0 Å². The molecule has 6 atom stereocenters. The van der Waals surface area contributed by atoms with Gasteiger partial charge in [-0.1, -0.05) is 24.3 Å². The summed E-state index contributed by atoms with van der Waals surface area (Å²) < 4.78 is 44.2. The van der Waals surface area contributed by atoms with Crippen LogP contribution < -0.4 is 9.47 Å². The van der Waals surface area contributed by atoms with Crippen molar-refractivity contribution in [3.05, 3.63) is 59.2 Å². The van der Waals surface area contributed by atoms with Crippen molar-refractivity contribution < 1.29 is 66.7 Å². The molecule has 1 fully saturated rings. The van der Waals surface area contributed by atoms with Crippen molar-refractivity contribution in [2.45, 2.75) is 77.8 Å². The zero-order valence-corrected chi connectivity index (χ0v) is 25.1. The van der Waals surface area contributed by atoms with E-state index in [4.69, 9.17) is 37.9 Å². The third-order valence-electron chi connectivity index (χ3n) is 6.68. The molecule has 0 radical (unpaired) electrons. The van der Waals surface area contributed by atoms with Crippen LogP contribution in [-0.4, -0.2) is 73.1 Å². The van der Waals surface area contributed by atoms with E-state index in [1.807, 2.05) is 0 Å². The summed E-state index contributed by atoms with van der Waals surface area (Å²) in [5, 5.41) is 0. The number of esters is 6. The zero-order valence-electron chi connectivity index (χ0n) is 25.1. The molecule has 2 aliphatic rings. The van der Waals surface area contributed by atoms with Gasteiger partial charge in [-0.15, -0.1) is 0 Å². The maximum atomic E-state index is 13.3. The monoisotopic (exact) mass is 628 g/mol. The summed E-state index contributed by atoms with van der Waals surface area (Å²) in [5.41, 5.74) is 1.32. The maximum absolute atomic E-state index is 13.3. The third-order valence-corrected chi connectivity index (χ3v) is 6.68. The van der Waals surface area contributed by atoms with Gasteiger partial charge in [-0.2, -0.15) is 0 Å². The maximum Gasteiger partial charge on any atom is 0.342 e. The predicted octanol–water partition coefficient (Wildman–Crippen LogP) is 2.53. The SMILES string of the molecule is CC(=O)OC[C@@H]1O[C@H](Oc2cccc3c2C(=O)O[C@H](c2ccc(OC(C)=O)cc2)C3)[C@@H](OC(C)=O)[C@H](OC(C)=O)[C@H]1OC(C)=O. The van der Waals surface area contributed by atoms with Crippen molar-refractivity contribution in [2.24, 2.45) is 0 Å². The predicted molar refractivity (Wildman–Crippen MR) is 149 cm³/mol. The van der Waals surface area contributed by atoms with Gasteiger partial charge >= 0.3 is 35.8 Å². The van der Waals surface area contributed by atoms with E-state index in [0.29, 0.717) is 16.9 Å². The molecule has 2 heterocycles. The lowest BCUT2D eigenvalue weighted by Gasteiger charge is -2.44. The third kappa shape index (κ3) is 8.35. The van der Waals surface area contributed by atoms with E-state index in [1.165, 1.54) is 13.0 Å². The Bertz CT molecular complexity index is 1470. The summed E-state index contributed by atoms with van der Waals surface area (Å²) in [7, 11) is 0. The molecule has 14 nitrogen and oxygen atoms in total. The van der Waals surface area contributed by atoms with Crippen LogP contribution in [0, 0.1) is 0 Å². The first-order valence-electron chi connectivity index (χ1n) is 13.9. The minimum atomic E-state index is -1.53. The van der Waals surface area contributed by atoms with Crippen molar-refractivity contribution in [2.75, 3.05) is 6.61 Å². The van der Waals surface area contributed by atoms with Crippen LogP contribution in [0.15, 0.2) is 42.5 Å². The van der Waals surface area contributed by atoms with Gasteiger partial charge in [0.25, 0.3) is 0 Å². The molecule has 0 bridgehead atoms. The van der Waals surface area contributed by atoms with E-state index >= 15 is 0 Å². The molecule has 0 amide bonds. The van der Waals surface area contributed by atoms with Gasteiger partial charge in [-0.3, -0.25) is 24.0 Å². The largest absolute Gasteiger partial charge is 0.463 e. The fourth-order valence-corrected chi connectivity index (χ4v) is 5.02. The van der Waals surface area contributed by atoms with Gasteiger partial charge in [0.1, 0.15) is 35.9 Å². The highest BCUT2D eigenvalue weighted by molar-refractivity contribution is 5.95. The van der Waals surface area contributed by atoms with E-state index in [-0.39, 0.29) is 17.7 Å². The molecule has 14 heteroatoms. The van der Waals surface area contributed by atoms with Gasteiger partial charge in [0.2, 0.25) is 12.4 Å². The van der Waals surface area contributed by atoms with Gasteiger partial charge in [0, 0.05) is 41.0 Å². The number of cyclic esters (lactones) is 1. The Hall–Kier alpha value is -4.98. The average molecular weight is 629 g/mol. The standard InChI is InChI=1S/C31H32O14/c1-15(32)38-14-25-27(40-17(3)34)28(41-18(4)35)29(42-19(5)36)31(45-25)44-23-8-6-7-21-13-24(43-30(37)26(21)23)20-9-11-22(12-10-20)39-16(2)33/h6-12,24-25,27-29,31H,13-14H2,1-5H3/t24-,25-,27-,28+,29-,31-/m0/s1. The first-order valence-corrected chi connectivity index (χ1v) is 13.9. The van der Waals surface area contributed by atoms with Crippen molar-refractivity contribution in [1.82, 2.24) is 0 Å². The van der Waals surface area contributed by atoms with E-state index < -0.39 is 79.2 Å². The molecule has 0 aliphatic carbocycles. The minimum absolute atomic E-state index is 0.00190. The normalized spacial score (nSPS) is 23.8. The molecular weight excluding hydrogens is 596 g/mol. The highest BCUT2D eigenvalue weighted by Crippen LogP contribution is 2.38. The van der Waals surface area contributed by atoms with E-state index in [0.717, 1.165) is 27.7 Å². The van der Waals surface area contributed by atoms with Gasteiger partial charge in [0.15, 0.2) is 12.2 Å². The molecule has 0 saturated carbocycles. The Morgan fingerprint density at radius 1 is 0.756 bits per heavy atom. The quantitative estimate of drug-likeness (QED) is 0.225. The number of fused-ring (bicyclic) bond motifs is 1. The van der Waals surface area contributed by atoms with Crippen LogP contribution in [-0.2, 0) is 58.8 Å². The fourth-order valence-electron chi connectivity index (χ4n) is 5.02. The van der Waals surface area contributed by atoms with Gasteiger partial charge in [-0.25, -0.2) is 4.79 Å². The summed E-state index contributed by atoms with van der Waals surface area (Å²) in [5.74, 6) is -3.88. The second-order valence-corrected chi connectivity index (χ2v) is 10.2. The molecule has 0 unspecified atom stereocenters. The molecule has 2 aromatic rings. The van der Waals surface area contributed by atoms with Crippen molar-refractivity contribution in [3.63, 3.8) is 0 Å². The van der Waals surface area contributed by atoms with E-state index in [1.54, 1.807) is 36.4 Å². The zero-order chi connectivity index (χ0) is 32.8. The Morgan fingerprint density at radius 2 is 1.38 bits per heavy atom. The molecule has 1 saturated heterocycles. The Morgan fingerprint density at radius 3 is 1.98 bits per heavy atom. The highest BCUT2D eigenvalue weighted by Gasteiger charge is 2.53. The number of carbonyl (C=O) groups is 6. The number of hydrogen-bond donors (Lipinski definition) is 0. The average Bonchev–Trinajstić information content (AvgIpc) is 2.94. The lowest BCUT2D eigenvalue weighted by molar-refractivity contribution is -0.288. The molecule has 240 valence electrons. The van der Waals surface area contributed by atoms with Crippen LogP contribution in [0.4, 0.5) is 0 Å². The smallest absolute Gasteiger partial charge is 0.342 e. The fraction of sp³-hybridized carbons (Fsp3) is 0.419. The van der Waals surface area contributed by atoms with Crippen LogP contribution in [0.5, 0.6) is 11.5 Å². The second-order valence-electron chi connectivity index (χ2n) is 10.2. The molecular formula is C31H32O14. The number of ether oxygens (including phenoxy) is 8. The summed E-state index contributed by atoms with van der Waals surface area (Å²) >= 11 is 0. The van der Waals surface area contributed by atoms with Crippen molar-refractivity contribution in [1.29, 1.82) is 0 Å². The minimum Gasteiger partial charge on any atom is -0.463 e. The van der Waals surface area contributed by atoms with Gasteiger partial charge in [0.05, 0.1) is 0 Å². The van der Waals surface area contributed by atoms with Crippen LogP contribution in [0.2, 0.25) is 0 Å². The molecule has 0 spiro atoms. The van der Waals surface area contributed by atoms with E-state index in [2.05, 4.69) is 0 Å². The van der Waals surface area contributed by atoms with Crippen LogP contribution in [0.25, 0.3) is 0 Å². The summed E-state index contributed by atoms with van der Waals surface area (Å²) in [4.78, 5) is 72.4. The van der Waals surface area contributed by atoms with Crippen molar-refractivity contribution >= 4 is 35.8 Å². The molecule has 0 N–H and O–H groups in total. The summed E-state index contributed by atoms with van der Waals surface area (Å²) in [6.45, 7) is 5.33.